The molecule has 1 atom stereocenters. The molecule has 0 saturated carbocycles. The predicted molar refractivity (Wildman–Crippen MR) is 96.6 cm³/mol. The summed E-state index contributed by atoms with van der Waals surface area (Å²) in [7, 11) is 0. The van der Waals surface area contributed by atoms with Crippen molar-refractivity contribution in [1.29, 1.82) is 0 Å². The first-order valence-electron chi connectivity index (χ1n) is 8.67. The average Bonchev–Trinajstić information content (AvgIpc) is 2.66. The fourth-order valence-electron chi connectivity index (χ4n) is 2.87. The molecule has 1 aliphatic heterocycles. The molecule has 0 unspecified atom stereocenters. The number of hydrogen-bond donors (Lipinski definition) is 1. The SMILES string of the molecule is CCCNC(=O)[C@@H]1CN(C(=O)Cc2ccccc2F)c2ccccc2O1. The number of carbonyl (C=O) groups excluding carboxylic acids is 2. The van der Waals surface area contributed by atoms with Crippen LogP contribution in [0.1, 0.15) is 18.9 Å². The zero-order valence-electron chi connectivity index (χ0n) is 14.6. The standard InChI is InChI=1S/C20H21FN2O3/c1-2-11-22-20(25)18-13-23(16-9-5-6-10-17(16)26-18)19(24)12-14-7-3-4-8-15(14)21/h3-10,18H,2,11-13H2,1H3,(H,22,25)/t18-/m0/s1. The molecule has 2 aromatic carbocycles. The van der Waals surface area contributed by atoms with Crippen molar-refractivity contribution in [3.63, 3.8) is 0 Å². The molecule has 2 aromatic rings. The number of nitrogens with zero attached hydrogens (tertiary/aromatic N) is 1. The van der Waals surface area contributed by atoms with Gasteiger partial charge in [-0.3, -0.25) is 9.59 Å². The summed E-state index contributed by atoms with van der Waals surface area (Å²) in [6, 6.07) is 13.3. The first kappa shape index (κ1) is 17.9. The second-order valence-corrected chi connectivity index (χ2v) is 6.14. The maximum atomic E-state index is 13.9. The van der Waals surface area contributed by atoms with Crippen LogP contribution in [0.2, 0.25) is 0 Å². The summed E-state index contributed by atoms with van der Waals surface area (Å²) in [5.74, 6) is -0.485. The van der Waals surface area contributed by atoms with Crippen LogP contribution in [0.25, 0.3) is 0 Å². The summed E-state index contributed by atoms with van der Waals surface area (Å²) in [5.41, 5.74) is 0.918. The summed E-state index contributed by atoms with van der Waals surface area (Å²) in [6.07, 6.45) is -0.0593. The van der Waals surface area contributed by atoms with Crippen molar-refractivity contribution in [2.24, 2.45) is 0 Å². The Morgan fingerprint density at radius 2 is 1.92 bits per heavy atom. The summed E-state index contributed by atoms with van der Waals surface area (Å²) >= 11 is 0. The number of para-hydroxylation sites is 2. The van der Waals surface area contributed by atoms with Crippen molar-refractivity contribution in [3.05, 3.63) is 59.9 Å². The molecule has 2 amide bonds. The van der Waals surface area contributed by atoms with E-state index in [-0.39, 0.29) is 24.8 Å². The van der Waals surface area contributed by atoms with Gasteiger partial charge in [0.25, 0.3) is 5.91 Å². The van der Waals surface area contributed by atoms with E-state index >= 15 is 0 Å². The number of carbonyl (C=O) groups is 2. The number of nitrogens with one attached hydrogen (secondary N) is 1. The number of ether oxygens (including phenoxy) is 1. The fourth-order valence-corrected chi connectivity index (χ4v) is 2.87. The van der Waals surface area contributed by atoms with Gasteiger partial charge in [-0.15, -0.1) is 0 Å². The highest BCUT2D eigenvalue weighted by molar-refractivity contribution is 5.98. The quantitative estimate of drug-likeness (QED) is 0.896. The van der Waals surface area contributed by atoms with Crippen LogP contribution in [-0.4, -0.2) is 31.0 Å². The molecule has 0 aromatic heterocycles. The molecule has 0 fully saturated rings. The van der Waals surface area contributed by atoms with Gasteiger partial charge in [-0.2, -0.15) is 0 Å². The van der Waals surface area contributed by atoms with Crippen molar-refractivity contribution in [1.82, 2.24) is 5.32 Å². The summed E-state index contributed by atoms with van der Waals surface area (Å²) in [6.45, 7) is 2.60. The third-order valence-corrected chi connectivity index (χ3v) is 4.22. The van der Waals surface area contributed by atoms with Crippen LogP contribution in [0.4, 0.5) is 10.1 Å². The Hall–Kier alpha value is -2.89. The summed E-state index contributed by atoms with van der Waals surface area (Å²) in [4.78, 5) is 26.7. The number of amides is 2. The maximum Gasteiger partial charge on any atom is 0.262 e. The van der Waals surface area contributed by atoms with E-state index in [0.29, 0.717) is 23.5 Å². The Labute approximate surface area is 151 Å². The van der Waals surface area contributed by atoms with Gasteiger partial charge < -0.3 is 15.0 Å². The van der Waals surface area contributed by atoms with Crippen molar-refractivity contribution in [2.45, 2.75) is 25.9 Å². The monoisotopic (exact) mass is 356 g/mol. The Morgan fingerprint density at radius 1 is 1.19 bits per heavy atom. The molecular formula is C20H21FN2O3. The van der Waals surface area contributed by atoms with E-state index in [0.717, 1.165) is 6.42 Å². The van der Waals surface area contributed by atoms with Gasteiger partial charge in [0.15, 0.2) is 6.10 Å². The van der Waals surface area contributed by atoms with Gasteiger partial charge in [0.2, 0.25) is 5.91 Å². The number of anilines is 1. The molecule has 0 aliphatic carbocycles. The highest BCUT2D eigenvalue weighted by Crippen LogP contribution is 2.33. The number of benzene rings is 2. The Kier molecular flexibility index (Phi) is 5.51. The lowest BCUT2D eigenvalue weighted by molar-refractivity contribution is -0.128. The van der Waals surface area contributed by atoms with Gasteiger partial charge in [-0.25, -0.2) is 4.39 Å². The minimum atomic E-state index is -0.791. The van der Waals surface area contributed by atoms with E-state index in [2.05, 4.69) is 5.32 Å². The Bertz CT molecular complexity index is 809. The molecule has 26 heavy (non-hydrogen) atoms. The van der Waals surface area contributed by atoms with Crippen molar-refractivity contribution < 1.29 is 18.7 Å². The first-order chi connectivity index (χ1) is 12.6. The zero-order chi connectivity index (χ0) is 18.5. The van der Waals surface area contributed by atoms with Crippen LogP contribution >= 0.6 is 0 Å². The van der Waals surface area contributed by atoms with Gasteiger partial charge in [0.05, 0.1) is 18.7 Å². The number of rotatable bonds is 5. The number of hydrogen-bond acceptors (Lipinski definition) is 3. The maximum absolute atomic E-state index is 13.9. The smallest absolute Gasteiger partial charge is 0.262 e. The van der Waals surface area contributed by atoms with Crippen LogP contribution in [0.3, 0.4) is 0 Å². The molecular weight excluding hydrogens is 335 g/mol. The van der Waals surface area contributed by atoms with E-state index in [1.165, 1.54) is 11.0 Å². The van der Waals surface area contributed by atoms with Crippen LogP contribution in [0, 0.1) is 5.82 Å². The van der Waals surface area contributed by atoms with Gasteiger partial charge in [0, 0.05) is 6.54 Å². The summed E-state index contributed by atoms with van der Waals surface area (Å²) in [5, 5.41) is 2.79. The Balaban J connectivity index is 1.83. The largest absolute Gasteiger partial charge is 0.477 e. The second-order valence-electron chi connectivity index (χ2n) is 6.14. The normalized spacial score (nSPS) is 15.8. The van der Waals surface area contributed by atoms with Crippen LogP contribution in [0.5, 0.6) is 5.75 Å². The minimum absolute atomic E-state index is 0.0791. The van der Waals surface area contributed by atoms with E-state index in [1.54, 1.807) is 42.5 Å². The van der Waals surface area contributed by atoms with Crippen LogP contribution in [-0.2, 0) is 16.0 Å². The van der Waals surface area contributed by atoms with Crippen molar-refractivity contribution >= 4 is 17.5 Å². The summed E-state index contributed by atoms with van der Waals surface area (Å²) < 4.78 is 19.7. The van der Waals surface area contributed by atoms with E-state index in [9.17, 15) is 14.0 Å². The van der Waals surface area contributed by atoms with Gasteiger partial charge in [-0.1, -0.05) is 37.3 Å². The van der Waals surface area contributed by atoms with E-state index in [4.69, 9.17) is 4.74 Å². The molecule has 0 saturated heterocycles. The van der Waals surface area contributed by atoms with E-state index in [1.807, 2.05) is 6.92 Å². The van der Waals surface area contributed by atoms with Gasteiger partial charge in [0.1, 0.15) is 11.6 Å². The average molecular weight is 356 g/mol. The van der Waals surface area contributed by atoms with E-state index < -0.39 is 11.9 Å². The third kappa shape index (κ3) is 3.85. The highest BCUT2D eigenvalue weighted by atomic mass is 19.1. The highest BCUT2D eigenvalue weighted by Gasteiger charge is 2.33. The third-order valence-electron chi connectivity index (χ3n) is 4.22. The lowest BCUT2D eigenvalue weighted by atomic mass is 10.1. The minimum Gasteiger partial charge on any atom is -0.477 e. The van der Waals surface area contributed by atoms with Crippen molar-refractivity contribution in [2.75, 3.05) is 18.0 Å². The first-order valence-corrected chi connectivity index (χ1v) is 8.67. The number of fused-ring (bicyclic) bond motifs is 1. The van der Waals surface area contributed by atoms with Crippen molar-refractivity contribution in [3.8, 4) is 5.75 Å². The molecule has 5 nitrogen and oxygen atoms in total. The molecule has 136 valence electrons. The fraction of sp³-hybridized carbons (Fsp3) is 0.300. The van der Waals surface area contributed by atoms with Gasteiger partial charge in [-0.05, 0) is 30.2 Å². The molecule has 1 aliphatic rings. The topological polar surface area (TPSA) is 58.6 Å². The molecule has 0 radical (unpaired) electrons. The zero-order valence-corrected chi connectivity index (χ0v) is 14.6. The number of halogens is 1. The molecule has 3 rings (SSSR count). The molecule has 6 heteroatoms. The molecule has 1 heterocycles. The molecule has 1 N–H and O–H groups in total. The Morgan fingerprint density at radius 3 is 2.69 bits per heavy atom. The lowest BCUT2D eigenvalue weighted by Crippen LogP contribution is -2.51. The predicted octanol–water partition coefficient (Wildman–Crippen LogP) is 2.69. The molecule has 0 spiro atoms. The van der Waals surface area contributed by atoms with Crippen LogP contribution < -0.4 is 15.0 Å². The second kappa shape index (κ2) is 7.99. The van der Waals surface area contributed by atoms with Gasteiger partial charge >= 0.3 is 0 Å². The molecule has 0 bridgehead atoms. The lowest BCUT2D eigenvalue weighted by Gasteiger charge is -2.34. The van der Waals surface area contributed by atoms with Crippen LogP contribution in [0.15, 0.2) is 48.5 Å².